The SMILES string of the molecule is CC(C)(SC(=O)N1CCCCC1)c1ccccc1.CCCN(CCC)C(=O)SCC. The zero-order chi connectivity index (χ0) is 22.4. The summed E-state index contributed by atoms with van der Waals surface area (Å²) in [6.07, 6.45) is 5.67. The first-order chi connectivity index (χ1) is 14.4. The summed E-state index contributed by atoms with van der Waals surface area (Å²) in [5.41, 5.74) is 1.21. The smallest absolute Gasteiger partial charge is 0.282 e. The molecular formula is C24H40N2O2S2. The Kier molecular flexibility index (Phi) is 13.3. The Morgan fingerprint density at radius 2 is 1.53 bits per heavy atom. The highest BCUT2D eigenvalue weighted by Crippen LogP contribution is 2.37. The van der Waals surface area contributed by atoms with Crippen molar-refractivity contribution in [2.24, 2.45) is 0 Å². The summed E-state index contributed by atoms with van der Waals surface area (Å²) in [6.45, 7) is 14.1. The van der Waals surface area contributed by atoms with Crippen molar-refractivity contribution in [3.8, 4) is 0 Å². The van der Waals surface area contributed by atoms with Gasteiger partial charge in [-0.15, -0.1) is 0 Å². The molecule has 1 saturated heterocycles. The van der Waals surface area contributed by atoms with Crippen molar-refractivity contribution < 1.29 is 9.59 Å². The van der Waals surface area contributed by atoms with E-state index in [0.717, 1.165) is 57.6 Å². The lowest BCUT2D eigenvalue weighted by molar-refractivity contribution is 0.211. The molecule has 2 rings (SSSR count). The molecule has 170 valence electrons. The summed E-state index contributed by atoms with van der Waals surface area (Å²) in [5.74, 6) is 0.878. The number of benzene rings is 1. The monoisotopic (exact) mass is 452 g/mol. The van der Waals surface area contributed by atoms with Crippen LogP contribution in [0, 0.1) is 0 Å². The summed E-state index contributed by atoms with van der Waals surface area (Å²) >= 11 is 2.85. The van der Waals surface area contributed by atoms with Gasteiger partial charge in [0.15, 0.2) is 0 Å². The minimum absolute atomic E-state index is 0.157. The molecule has 30 heavy (non-hydrogen) atoms. The molecule has 1 aliphatic heterocycles. The van der Waals surface area contributed by atoms with Crippen LogP contribution in [0.25, 0.3) is 0 Å². The first-order valence-corrected chi connectivity index (χ1v) is 13.1. The first kappa shape index (κ1) is 26.9. The second-order valence-electron chi connectivity index (χ2n) is 7.98. The molecule has 0 unspecified atom stereocenters. The van der Waals surface area contributed by atoms with Gasteiger partial charge in [0.05, 0.1) is 0 Å². The van der Waals surface area contributed by atoms with E-state index < -0.39 is 0 Å². The van der Waals surface area contributed by atoms with Gasteiger partial charge in [-0.2, -0.15) is 0 Å². The molecule has 0 atom stereocenters. The van der Waals surface area contributed by atoms with Crippen LogP contribution in [0.5, 0.6) is 0 Å². The highest BCUT2D eigenvalue weighted by Gasteiger charge is 2.28. The molecule has 1 fully saturated rings. The summed E-state index contributed by atoms with van der Waals surface area (Å²) in [4.78, 5) is 27.6. The summed E-state index contributed by atoms with van der Waals surface area (Å²) in [6, 6.07) is 10.3. The van der Waals surface area contributed by atoms with Gasteiger partial charge >= 0.3 is 0 Å². The highest BCUT2D eigenvalue weighted by atomic mass is 32.2. The molecular weight excluding hydrogens is 412 g/mol. The van der Waals surface area contributed by atoms with E-state index in [9.17, 15) is 9.59 Å². The van der Waals surface area contributed by atoms with Crippen LogP contribution >= 0.6 is 23.5 Å². The zero-order valence-corrected chi connectivity index (χ0v) is 21.1. The molecule has 1 aromatic rings. The van der Waals surface area contributed by atoms with Crippen LogP contribution in [0.4, 0.5) is 9.59 Å². The molecule has 0 N–H and O–H groups in total. The van der Waals surface area contributed by atoms with E-state index >= 15 is 0 Å². The van der Waals surface area contributed by atoms with Crippen LogP contribution in [0.15, 0.2) is 30.3 Å². The lowest BCUT2D eigenvalue weighted by Gasteiger charge is -2.30. The Hall–Kier alpha value is -1.14. The minimum Gasteiger partial charge on any atom is -0.334 e. The second kappa shape index (κ2) is 14.8. The van der Waals surface area contributed by atoms with E-state index in [1.807, 2.05) is 34.9 Å². The predicted octanol–water partition coefficient (Wildman–Crippen LogP) is 7.24. The molecule has 6 heteroatoms. The fraction of sp³-hybridized carbons (Fsp3) is 0.667. The van der Waals surface area contributed by atoms with E-state index in [4.69, 9.17) is 0 Å². The van der Waals surface area contributed by atoms with E-state index in [1.165, 1.54) is 35.5 Å². The van der Waals surface area contributed by atoms with Crippen LogP contribution in [0.2, 0.25) is 0 Å². The highest BCUT2D eigenvalue weighted by molar-refractivity contribution is 8.14. The van der Waals surface area contributed by atoms with Gasteiger partial charge in [0.25, 0.3) is 10.5 Å². The molecule has 1 aliphatic rings. The van der Waals surface area contributed by atoms with Crippen molar-refractivity contribution in [3.05, 3.63) is 35.9 Å². The van der Waals surface area contributed by atoms with Crippen LogP contribution < -0.4 is 0 Å². The Balaban J connectivity index is 0.000000329. The van der Waals surface area contributed by atoms with Gasteiger partial charge in [0.1, 0.15) is 0 Å². The second-order valence-corrected chi connectivity index (χ2v) is 10.8. The fourth-order valence-electron chi connectivity index (χ4n) is 3.31. The normalized spacial score (nSPS) is 14.0. The van der Waals surface area contributed by atoms with Gasteiger partial charge in [-0.3, -0.25) is 9.59 Å². The third-order valence-electron chi connectivity index (χ3n) is 4.94. The zero-order valence-electron chi connectivity index (χ0n) is 19.5. The number of carbonyl (C=O) groups excluding carboxylic acids is 2. The van der Waals surface area contributed by atoms with Gasteiger partial charge in [-0.1, -0.05) is 74.6 Å². The molecule has 0 aromatic heterocycles. The van der Waals surface area contributed by atoms with Gasteiger partial charge in [-0.25, -0.2) is 0 Å². The third kappa shape index (κ3) is 9.78. The third-order valence-corrected chi connectivity index (χ3v) is 6.91. The number of piperidine rings is 1. The van der Waals surface area contributed by atoms with Crippen molar-refractivity contribution in [1.82, 2.24) is 9.80 Å². The standard InChI is InChI=1S/C15H21NOS.C9H19NOS/c1-15(2,13-9-5-3-6-10-13)18-14(17)16-11-7-4-8-12-16;1-4-7-10(8-5-2)9(11)12-6-3/h3,5-6,9-10H,4,7-8,11-12H2,1-2H3;4-8H2,1-3H3. The van der Waals surface area contributed by atoms with Crippen LogP contribution in [-0.4, -0.2) is 52.2 Å². The number of thioether (sulfide) groups is 2. The number of nitrogens with zero attached hydrogens (tertiary/aromatic N) is 2. The van der Waals surface area contributed by atoms with Gasteiger partial charge in [-0.05, 0) is 57.3 Å². The average Bonchev–Trinajstić information content (AvgIpc) is 2.75. The van der Waals surface area contributed by atoms with Crippen molar-refractivity contribution in [2.45, 2.75) is 71.5 Å². The Morgan fingerprint density at radius 3 is 2.03 bits per heavy atom. The topological polar surface area (TPSA) is 40.6 Å². The Bertz CT molecular complexity index is 611. The fourth-order valence-corrected chi connectivity index (χ4v) is 4.92. The quantitative estimate of drug-likeness (QED) is 0.437. The van der Waals surface area contributed by atoms with Crippen LogP contribution in [-0.2, 0) is 4.75 Å². The first-order valence-electron chi connectivity index (χ1n) is 11.3. The van der Waals surface area contributed by atoms with Gasteiger partial charge < -0.3 is 9.80 Å². The summed E-state index contributed by atoms with van der Waals surface area (Å²) in [7, 11) is 0. The Labute approximate surface area is 192 Å². The van der Waals surface area contributed by atoms with E-state index in [2.05, 4.69) is 39.8 Å². The number of likely N-dealkylation sites (tertiary alicyclic amines) is 1. The molecule has 0 aliphatic carbocycles. The number of rotatable bonds is 7. The summed E-state index contributed by atoms with van der Waals surface area (Å²) < 4.78 is -0.157. The van der Waals surface area contributed by atoms with Crippen LogP contribution in [0.3, 0.4) is 0 Å². The molecule has 1 aromatic carbocycles. The number of hydrogen-bond acceptors (Lipinski definition) is 4. The van der Waals surface area contributed by atoms with E-state index in [-0.39, 0.29) is 15.2 Å². The van der Waals surface area contributed by atoms with Crippen molar-refractivity contribution in [2.75, 3.05) is 31.9 Å². The maximum absolute atomic E-state index is 12.3. The molecule has 0 radical (unpaired) electrons. The molecule has 0 spiro atoms. The van der Waals surface area contributed by atoms with Crippen molar-refractivity contribution in [3.63, 3.8) is 0 Å². The van der Waals surface area contributed by atoms with Crippen LogP contribution in [0.1, 0.15) is 72.3 Å². The average molecular weight is 453 g/mol. The number of carbonyl (C=O) groups is 2. The summed E-state index contributed by atoms with van der Waals surface area (Å²) in [5, 5.41) is 0.463. The van der Waals surface area contributed by atoms with Gasteiger partial charge in [0, 0.05) is 30.9 Å². The molecule has 2 amide bonds. The predicted molar refractivity (Wildman–Crippen MR) is 134 cm³/mol. The Morgan fingerprint density at radius 1 is 0.967 bits per heavy atom. The lowest BCUT2D eigenvalue weighted by atomic mass is 10.0. The largest absolute Gasteiger partial charge is 0.334 e. The van der Waals surface area contributed by atoms with Crippen molar-refractivity contribution >= 4 is 34.0 Å². The van der Waals surface area contributed by atoms with Crippen molar-refractivity contribution in [1.29, 1.82) is 0 Å². The molecule has 0 saturated carbocycles. The number of amides is 2. The van der Waals surface area contributed by atoms with E-state index in [0.29, 0.717) is 0 Å². The lowest BCUT2D eigenvalue weighted by Crippen LogP contribution is -2.34. The minimum atomic E-state index is -0.157. The van der Waals surface area contributed by atoms with E-state index in [1.54, 1.807) is 0 Å². The molecule has 4 nitrogen and oxygen atoms in total. The maximum Gasteiger partial charge on any atom is 0.282 e. The number of hydrogen-bond donors (Lipinski definition) is 0. The maximum atomic E-state index is 12.3. The molecule has 1 heterocycles. The van der Waals surface area contributed by atoms with Gasteiger partial charge in [0.2, 0.25) is 0 Å². The molecule has 0 bridgehead atoms.